The van der Waals surface area contributed by atoms with Gasteiger partial charge in [0, 0.05) is 24.4 Å². The first-order chi connectivity index (χ1) is 13.5. The number of para-hydroxylation sites is 1. The molecular formula is C21H16FN3O2S. The van der Waals surface area contributed by atoms with Crippen molar-refractivity contribution in [2.45, 2.75) is 6.42 Å². The molecule has 1 N–H and O–H groups in total. The third-order valence-electron chi connectivity index (χ3n) is 4.20. The normalized spacial score (nSPS) is 11.9. The molecule has 2 aromatic heterocycles. The second-order valence-corrected chi connectivity index (χ2v) is 7.37. The maximum absolute atomic E-state index is 13.7. The van der Waals surface area contributed by atoms with Gasteiger partial charge in [0.1, 0.15) is 10.8 Å². The average molecular weight is 393 g/mol. The molecule has 7 heteroatoms. The summed E-state index contributed by atoms with van der Waals surface area (Å²) >= 11 is 1.45. The van der Waals surface area contributed by atoms with Gasteiger partial charge in [-0.25, -0.2) is 9.37 Å². The zero-order chi connectivity index (χ0) is 19.7. The van der Waals surface area contributed by atoms with Crippen molar-refractivity contribution >= 4 is 39.2 Å². The summed E-state index contributed by atoms with van der Waals surface area (Å²) in [6, 6.07) is 13.9. The summed E-state index contributed by atoms with van der Waals surface area (Å²) in [4.78, 5) is 16.0. The zero-order valence-electron chi connectivity index (χ0n) is 15.0. The molecule has 2 aromatic carbocycles. The highest BCUT2D eigenvalue weighted by atomic mass is 32.1. The largest absolute Gasteiger partial charge is 0.481 e. The number of nitrogens with zero attached hydrogens (tertiary/aromatic N) is 3. The maximum Gasteiger partial charge on any atom is 0.307 e. The number of hydrogen-bond acceptors (Lipinski definition) is 4. The summed E-state index contributed by atoms with van der Waals surface area (Å²) in [5.74, 6) is -1.29. The Bertz CT molecular complexity index is 1180. The van der Waals surface area contributed by atoms with Crippen molar-refractivity contribution < 1.29 is 14.3 Å². The summed E-state index contributed by atoms with van der Waals surface area (Å²) in [5.41, 5.74) is 3.34. The molecule has 0 fully saturated rings. The fourth-order valence-corrected chi connectivity index (χ4v) is 4.00. The first-order valence-corrected chi connectivity index (χ1v) is 9.39. The standard InChI is InChI=1S/C21H16FN3O2S/c1-25-12-15(20(24-25)13-5-4-6-16(22)10-13)9-14(11-19(26)27)21-23-17-7-2-3-8-18(17)28-21/h2-10,12H,11H2,1H3,(H,26,27)/b14-9+. The van der Waals surface area contributed by atoms with E-state index in [9.17, 15) is 14.3 Å². The van der Waals surface area contributed by atoms with Crippen LogP contribution in [0.5, 0.6) is 0 Å². The molecule has 0 bridgehead atoms. The van der Waals surface area contributed by atoms with Crippen LogP contribution in [0.1, 0.15) is 17.0 Å². The Morgan fingerprint density at radius 3 is 2.82 bits per heavy atom. The van der Waals surface area contributed by atoms with Crippen molar-refractivity contribution in [1.82, 2.24) is 14.8 Å². The van der Waals surface area contributed by atoms with E-state index in [2.05, 4.69) is 10.1 Å². The molecule has 5 nitrogen and oxygen atoms in total. The number of hydrogen-bond donors (Lipinski definition) is 1. The second-order valence-electron chi connectivity index (χ2n) is 6.34. The van der Waals surface area contributed by atoms with Gasteiger partial charge < -0.3 is 5.11 Å². The summed E-state index contributed by atoms with van der Waals surface area (Å²) in [6.07, 6.45) is 3.39. The van der Waals surface area contributed by atoms with Gasteiger partial charge in [-0.05, 0) is 35.9 Å². The summed E-state index contributed by atoms with van der Waals surface area (Å²) in [6.45, 7) is 0. The molecule has 4 aromatic rings. The Morgan fingerprint density at radius 1 is 1.25 bits per heavy atom. The Kier molecular flexibility index (Phi) is 4.75. The van der Waals surface area contributed by atoms with E-state index in [1.54, 1.807) is 36.1 Å². The molecule has 28 heavy (non-hydrogen) atoms. The third-order valence-corrected chi connectivity index (χ3v) is 5.31. The highest BCUT2D eigenvalue weighted by Crippen LogP contribution is 2.32. The van der Waals surface area contributed by atoms with E-state index in [-0.39, 0.29) is 12.2 Å². The van der Waals surface area contributed by atoms with E-state index < -0.39 is 5.97 Å². The molecule has 0 saturated heterocycles. The van der Waals surface area contributed by atoms with Crippen LogP contribution in [0.4, 0.5) is 4.39 Å². The summed E-state index contributed by atoms with van der Waals surface area (Å²) < 4.78 is 16.3. The maximum atomic E-state index is 13.7. The van der Waals surface area contributed by atoms with Crippen molar-refractivity contribution in [1.29, 1.82) is 0 Å². The van der Waals surface area contributed by atoms with Crippen LogP contribution in [-0.2, 0) is 11.8 Å². The molecular weight excluding hydrogens is 377 g/mol. The first-order valence-electron chi connectivity index (χ1n) is 8.57. The van der Waals surface area contributed by atoms with Gasteiger partial charge in [0.25, 0.3) is 0 Å². The summed E-state index contributed by atoms with van der Waals surface area (Å²) in [5, 5.41) is 14.5. The number of carbonyl (C=O) groups is 1. The van der Waals surface area contributed by atoms with Crippen LogP contribution < -0.4 is 0 Å². The van der Waals surface area contributed by atoms with E-state index >= 15 is 0 Å². The topological polar surface area (TPSA) is 68.0 Å². The fourth-order valence-electron chi connectivity index (χ4n) is 3.02. The molecule has 0 saturated carbocycles. The van der Waals surface area contributed by atoms with Crippen molar-refractivity contribution in [3.05, 3.63) is 71.1 Å². The molecule has 0 spiro atoms. The highest BCUT2D eigenvalue weighted by molar-refractivity contribution is 7.19. The van der Waals surface area contributed by atoms with E-state index in [0.717, 1.165) is 10.2 Å². The molecule has 0 amide bonds. The van der Waals surface area contributed by atoms with E-state index in [1.165, 1.54) is 23.5 Å². The lowest BCUT2D eigenvalue weighted by molar-refractivity contribution is -0.135. The predicted molar refractivity (Wildman–Crippen MR) is 108 cm³/mol. The van der Waals surface area contributed by atoms with Crippen LogP contribution in [-0.4, -0.2) is 25.8 Å². The van der Waals surface area contributed by atoms with Crippen molar-refractivity contribution in [3.8, 4) is 11.3 Å². The van der Waals surface area contributed by atoms with Crippen LogP contribution in [0.25, 0.3) is 33.1 Å². The van der Waals surface area contributed by atoms with Crippen LogP contribution in [0.2, 0.25) is 0 Å². The van der Waals surface area contributed by atoms with Crippen LogP contribution in [0.3, 0.4) is 0 Å². The zero-order valence-corrected chi connectivity index (χ0v) is 15.8. The van der Waals surface area contributed by atoms with Gasteiger partial charge in [0.15, 0.2) is 0 Å². The Hall–Kier alpha value is -3.32. The molecule has 0 aliphatic heterocycles. The molecule has 0 aliphatic rings. The number of benzene rings is 2. The molecule has 0 unspecified atom stereocenters. The first kappa shape index (κ1) is 18.1. The van der Waals surface area contributed by atoms with E-state index in [0.29, 0.717) is 27.4 Å². The molecule has 0 radical (unpaired) electrons. The monoisotopic (exact) mass is 393 g/mol. The number of carboxylic acids is 1. The lowest BCUT2D eigenvalue weighted by Gasteiger charge is -2.03. The Labute approximate surface area is 164 Å². The lowest BCUT2D eigenvalue weighted by Crippen LogP contribution is -1.97. The molecule has 0 atom stereocenters. The minimum atomic E-state index is -0.943. The predicted octanol–water partition coefficient (Wildman–Crippen LogP) is 4.85. The van der Waals surface area contributed by atoms with E-state index in [4.69, 9.17) is 0 Å². The van der Waals surface area contributed by atoms with Gasteiger partial charge in [-0.1, -0.05) is 24.3 Å². The molecule has 140 valence electrons. The van der Waals surface area contributed by atoms with Crippen LogP contribution >= 0.6 is 11.3 Å². The van der Waals surface area contributed by atoms with Crippen molar-refractivity contribution in [2.75, 3.05) is 0 Å². The lowest BCUT2D eigenvalue weighted by atomic mass is 10.0. The van der Waals surface area contributed by atoms with Crippen molar-refractivity contribution in [3.63, 3.8) is 0 Å². The number of rotatable bonds is 5. The summed E-state index contributed by atoms with van der Waals surface area (Å²) in [7, 11) is 1.77. The van der Waals surface area contributed by atoms with Gasteiger partial charge in [0.2, 0.25) is 0 Å². The van der Waals surface area contributed by atoms with Crippen LogP contribution in [0, 0.1) is 5.82 Å². The van der Waals surface area contributed by atoms with Gasteiger partial charge in [-0.15, -0.1) is 11.3 Å². The van der Waals surface area contributed by atoms with Crippen LogP contribution in [0.15, 0.2) is 54.7 Å². The Morgan fingerprint density at radius 2 is 2.07 bits per heavy atom. The minimum absolute atomic E-state index is 0.169. The number of aliphatic carboxylic acids is 1. The number of fused-ring (bicyclic) bond motifs is 1. The van der Waals surface area contributed by atoms with Gasteiger partial charge in [-0.2, -0.15) is 5.10 Å². The number of halogens is 1. The van der Waals surface area contributed by atoms with Crippen molar-refractivity contribution in [2.24, 2.45) is 7.05 Å². The number of thiazole rings is 1. The minimum Gasteiger partial charge on any atom is -0.481 e. The second kappa shape index (κ2) is 7.36. The molecule has 0 aliphatic carbocycles. The molecule has 4 rings (SSSR count). The van der Waals surface area contributed by atoms with E-state index in [1.807, 2.05) is 24.3 Å². The van der Waals surface area contributed by atoms with Gasteiger partial charge in [0.05, 0.1) is 22.3 Å². The SMILES string of the molecule is Cn1cc(/C=C(\CC(=O)O)c2nc3ccccc3s2)c(-c2cccc(F)c2)n1. The highest BCUT2D eigenvalue weighted by Gasteiger charge is 2.16. The Balaban J connectivity index is 1.84. The number of carboxylic acid groups (broad SMARTS) is 1. The smallest absolute Gasteiger partial charge is 0.307 e. The third kappa shape index (κ3) is 3.70. The van der Waals surface area contributed by atoms with Gasteiger partial charge >= 0.3 is 5.97 Å². The molecule has 2 heterocycles. The average Bonchev–Trinajstić information content (AvgIpc) is 3.24. The van der Waals surface area contributed by atoms with Gasteiger partial charge in [-0.3, -0.25) is 9.48 Å². The number of aryl methyl sites for hydroxylation is 1. The quantitative estimate of drug-likeness (QED) is 0.526. The number of aromatic nitrogens is 3. The fraction of sp³-hybridized carbons (Fsp3) is 0.0952.